The van der Waals surface area contributed by atoms with Crippen LogP contribution < -0.4 is 0 Å². The zero-order chi connectivity index (χ0) is 8.15. The summed E-state index contributed by atoms with van der Waals surface area (Å²) in [5, 5.41) is 42.6. The molecule has 70 valence electrons. The van der Waals surface area contributed by atoms with Gasteiger partial charge in [0.2, 0.25) is 0 Å². The second-order valence-electron chi connectivity index (χ2n) is 1.99. The van der Waals surface area contributed by atoms with Crippen LogP contribution in [-0.4, -0.2) is 62.5 Å². The molecule has 0 fully saturated rings. The van der Waals surface area contributed by atoms with Gasteiger partial charge in [-0.15, -0.1) is 0 Å². The molecule has 0 saturated carbocycles. The summed E-state index contributed by atoms with van der Waals surface area (Å²) in [4.78, 5) is 0. The third-order valence-corrected chi connectivity index (χ3v) is 1.16. The van der Waals surface area contributed by atoms with Crippen molar-refractivity contribution in [2.24, 2.45) is 0 Å². The van der Waals surface area contributed by atoms with Crippen LogP contribution in [0.15, 0.2) is 0 Å². The van der Waals surface area contributed by atoms with E-state index in [4.69, 9.17) is 25.5 Å². The minimum atomic E-state index is -1.49. The van der Waals surface area contributed by atoms with Gasteiger partial charge in [0, 0.05) is 0 Å². The van der Waals surface area contributed by atoms with E-state index in [9.17, 15) is 0 Å². The second kappa shape index (κ2) is 6.47. The summed E-state index contributed by atoms with van der Waals surface area (Å²) in [6.07, 6.45) is -4.29. The van der Waals surface area contributed by atoms with Crippen LogP contribution in [0.25, 0.3) is 0 Å². The molecule has 0 radical (unpaired) electrons. The maximum absolute atomic E-state index is 8.77. The number of hydrogen-bond acceptors (Lipinski definition) is 5. The Hall–Kier alpha value is -0.240. The molecule has 0 amide bonds. The van der Waals surface area contributed by atoms with Gasteiger partial charge in [-0.2, -0.15) is 0 Å². The van der Waals surface area contributed by atoms with Crippen molar-refractivity contribution < 1.29 is 31.0 Å². The first-order valence-corrected chi connectivity index (χ1v) is 2.89. The van der Waals surface area contributed by atoms with Crippen LogP contribution in [0, 0.1) is 0 Å². The summed E-state index contributed by atoms with van der Waals surface area (Å²) in [6.45, 7) is -1.28. The Morgan fingerprint density at radius 3 is 1.27 bits per heavy atom. The van der Waals surface area contributed by atoms with E-state index >= 15 is 0 Å². The van der Waals surface area contributed by atoms with E-state index in [1.807, 2.05) is 0 Å². The van der Waals surface area contributed by atoms with Gasteiger partial charge in [-0.05, 0) is 0 Å². The second-order valence-corrected chi connectivity index (χ2v) is 1.99. The van der Waals surface area contributed by atoms with Crippen LogP contribution in [0.5, 0.6) is 0 Å². The third kappa shape index (κ3) is 4.25. The molecule has 0 spiro atoms. The normalized spacial score (nSPS) is 15.8. The van der Waals surface area contributed by atoms with Crippen molar-refractivity contribution in [1.29, 1.82) is 0 Å². The molecule has 7 N–H and O–H groups in total. The van der Waals surface area contributed by atoms with Crippen LogP contribution in [0.1, 0.15) is 0 Å². The SMILES string of the molecule is O.OC[C@H](O)C(O)[C@@H](O)CO. The van der Waals surface area contributed by atoms with Crippen molar-refractivity contribution in [3.8, 4) is 0 Å². The van der Waals surface area contributed by atoms with E-state index in [1.54, 1.807) is 0 Å². The number of aliphatic hydroxyl groups excluding tert-OH is 5. The molecule has 0 aliphatic carbocycles. The Kier molecular flexibility index (Phi) is 7.85. The molecule has 0 unspecified atom stereocenters. The quantitative estimate of drug-likeness (QED) is 0.295. The summed E-state index contributed by atoms with van der Waals surface area (Å²) in [7, 11) is 0. The number of hydrogen-bond donors (Lipinski definition) is 5. The molecule has 2 atom stereocenters. The smallest absolute Gasteiger partial charge is 0.110 e. The summed E-state index contributed by atoms with van der Waals surface area (Å²) in [6, 6.07) is 0. The Labute approximate surface area is 63.7 Å². The molecule has 0 saturated heterocycles. The molecule has 11 heavy (non-hydrogen) atoms. The topological polar surface area (TPSA) is 133 Å². The minimum absolute atomic E-state index is 0. The molecule has 6 nitrogen and oxygen atoms in total. The van der Waals surface area contributed by atoms with Crippen LogP contribution in [0.2, 0.25) is 0 Å². The number of aliphatic hydroxyl groups is 5. The van der Waals surface area contributed by atoms with Gasteiger partial charge in [0.05, 0.1) is 13.2 Å². The van der Waals surface area contributed by atoms with E-state index in [1.165, 1.54) is 0 Å². The molecule has 0 aliphatic rings. The Morgan fingerprint density at radius 1 is 0.818 bits per heavy atom. The molecule has 0 heterocycles. The molecule has 0 aliphatic heterocycles. The molecule has 6 heteroatoms. The fraction of sp³-hybridized carbons (Fsp3) is 1.00. The zero-order valence-electron chi connectivity index (χ0n) is 5.88. The molecule has 0 rings (SSSR count). The minimum Gasteiger partial charge on any atom is -0.412 e. The highest BCUT2D eigenvalue weighted by Crippen LogP contribution is 1.97. The maximum atomic E-state index is 8.77. The zero-order valence-corrected chi connectivity index (χ0v) is 5.88. The maximum Gasteiger partial charge on any atom is 0.110 e. The van der Waals surface area contributed by atoms with Crippen molar-refractivity contribution in [3.63, 3.8) is 0 Å². The van der Waals surface area contributed by atoms with Crippen molar-refractivity contribution >= 4 is 0 Å². The Bertz CT molecular complexity index is 77.0. The van der Waals surface area contributed by atoms with E-state index in [0.29, 0.717) is 0 Å². The average molecular weight is 170 g/mol. The molecule has 0 bridgehead atoms. The lowest BCUT2D eigenvalue weighted by atomic mass is 10.1. The lowest BCUT2D eigenvalue weighted by molar-refractivity contribution is -0.0900. The van der Waals surface area contributed by atoms with Crippen molar-refractivity contribution in [1.82, 2.24) is 0 Å². The molecular weight excluding hydrogens is 156 g/mol. The van der Waals surface area contributed by atoms with Gasteiger partial charge in [-0.25, -0.2) is 0 Å². The molecule has 0 aromatic carbocycles. The van der Waals surface area contributed by atoms with Crippen molar-refractivity contribution in [2.45, 2.75) is 18.3 Å². The van der Waals surface area contributed by atoms with Gasteiger partial charge >= 0.3 is 0 Å². The standard InChI is InChI=1S/C5H12O5.H2O/c6-1-3(8)5(10)4(9)2-7;/h3-10H,1-2H2;1H2/t3-,4-;/m0./s1. The Morgan fingerprint density at radius 2 is 1.09 bits per heavy atom. The summed E-state index contributed by atoms with van der Waals surface area (Å²) >= 11 is 0. The highest BCUT2D eigenvalue weighted by atomic mass is 16.4. The highest BCUT2D eigenvalue weighted by molar-refractivity contribution is 4.73. The van der Waals surface area contributed by atoms with Crippen LogP contribution in [-0.2, 0) is 0 Å². The van der Waals surface area contributed by atoms with E-state index in [2.05, 4.69) is 0 Å². The van der Waals surface area contributed by atoms with E-state index < -0.39 is 31.5 Å². The van der Waals surface area contributed by atoms with Gasteiger partial charge < -0.3 is 31.0 Å². The van der Waals surface area contributed by atoms with Crippen LogP contribution >= 0.6 is 0 Å². The summed E-state index contributed by atoms with van der Waals surface area (Å²) in [5.74, 6) is 0. The van der Waals surface area contributed by atoms with Crippen LogP contribution in [0.4, 0.5) is 0 Å². The molecule has 0 aromatic heterocycles. The summed E-state index contributed by atoms with van der Waals surface area (Å²) in [5.41, 5.74) is 0. The van der Waals surface area contributed by atoms with Gasteiger partial charge in [-0.1, -0.05) is 0 Å². The van der Waals surface area contributed by atoms with E-state index in [0.717, 1.165) is 0 Å². The first-order chi connectivity index (χ1) is 4.63. The lowest BCUT2D eigenvalue weighted by Crippen LogP contribution is -2.41. The monoisotopic (exact) mass is 170 g/mol. The molecular formula is C5H14O6. The van der Waals surface area contributed by atoms with Gasteiger partial charge in [0.15, 0.2) is 0 Å². The summed E-state index contributed by atoms with van der Waals surface area (Å²) < 4.78 is 0. The first-order valence-electron chi connectivity index (χ1n) is 2.89. The first kappa shape index (κ1) is 13.4. The average Bonchev–Trinajstić information content (AvgIpc) is 2.00. The third-order valence-electron chi connectivity index (χ3n) is 1.16. The van der Waals surface area contributed by atoms with Gasteiger partial charge in [-0.3, -0.25) is 0 Å². The predicted molar refractivity (Wildman–Crippen MR) is 35.8 cm³/mol. The van der Waals surface area contributed by atoms with Gasteiger partial charge in [0.25, 0.3) is 0 Å². The van der Waals surface area contributed by atoms with Crippen LogP contribution in [0.3, 0.4) is 0 Å². The largest absolute Gasteiger partial charge is 0.412 e. The highest BCUT2D eigenvalue weighted by Gasteiger charge is 2.22. The van der Waals surface area contributed by atoms with E-state index in [-0.39, 0.29) is 5.48 Å². The van der Waals surface area contributed by atoms with Crippen molar-refractivity contribution in [3.05, 3.63) is 0 Å². The lowest BCUT2D eigenvalue weighted by Gasteiger charge is -2.19. The predicted octanol–water partition coefficient (Wildman–Crippen LogP) is -3.77. The van der Waals surface area contributed by atoms with Gasteiger partial charge in [0.1, 0.15) is 18.3 Å². The number of rotatable bonds is 4. The van der Waals surface area contributed by atoms with Crippen molar-refractivity contribution in [2.75, 3.05) is 13.2 Å². The molecule has 0 aromatic rings. The fourth-order valence-corrected chi connectivity index (χ4v) is 0.472. The Balaban J connectivity index is 0. The fourth-order valence-electron chi connectivity index (χ4n) is 0.472.